The van der Waals surface area contributed by atoms with Gasteiger partial charge in [-0.25, -0.2) is 0 Å². The molecule has 0 spiro atoms. The highest BCUT2D eigenvalue weighted by atomic mass is 16.5. The van der Waals surface area contributed by atoms with Crippen molar-refractivity contribution in [3.8, 4) is 5.75 Å². The summed E-state index contributed by atoms with van der Waals surface area (Å²) in [6, 6.07) is 5.29. The van der Waals surface area contributed by atoms with E-state index >= 15 is 0 Å². The van der Waals surface area contributed by atoms with Crippen molar-refractivity contribution in [1.82, 2.24) is 0 Å². The smallest absolute Gasteiger partial charge is 0.265 e. The molecule has 2 aliphatic rings. The standard InChI is InChI=1S/C16H18N2O3/c1-10-15(19)18-13-9-12(7-8-14(13)21-10)17-16(20)11-5-3-2-4-6-11/h2-3,7-11H,4-6H2,1H3,(H,17,20)(H,18,19). The normalized spacial score (nSPS) is 23.8. The van der Waals surface area contributed by atoms with E-state index < -0.39 is 6.10 Å². The molecule has 5 nitrogen and oxygen atoms in total. The zero-order chi connectivity index (χ0) is 14.8. The topological polar surface area (TPSA) is 67.4 Å². The van der Waals surface area contributed by atoms with Gasteiger partial charge in [-0.2, -0.15) is 0 Å². The lowest BCUT2D eigenvalue weighted by Crippen LogP contribution is -2.34. The molecular formula is C16H18N2O3. The van der Waals surface area contributed by atoms with Crippen LogP contribution in [0.5, 0.6) is 5.75 Å². The van der Waals surface area contributed by atoms with Gasteiger partial charge in [-0.15, -0.1) is 0 Å². The lowest BCUT2D eigenvalue weighted by molar-refractivity contribution is -0.122. The monoisotopic (exact) mass is 286 g/mol. The van der Waals surface area contributed by atoms with Crippen LogP contribution in [0.25, 0.3) is 0 Å². The Bertz CT molecular complexity index is 610. The van der Waals surface area contributed by atoms with Crippen LogP contribution in [0.3, 0.4) is 0 Å². The average Bonchev–Trinajstić information content (AvgIpc) is 2.49. The number of rotatable bonds is 2. The predicted molar refractivity (Wildman–Crippen MR) is 80.3 cm³/mol. The minimum atomic E-state index is -0.494. The van der Waals surface area contributed by atoms with Gasteiger partial charge in [0.05, 0.1) is 5.69 Å². The van der Waals surface area contributed by atoms with Crippen molar-refractivity contribution in [2.24, 2.45) is 5.92 Å². The van der Waals surface area contributed by atoms with Gasteiger partial charge >= 0.3 is 0 Å². The van der Waals surface area contributed by atoms with Gasteiger partial charge in [0.25, 0.3) is 5.91 Å². The SMILES string of the molecule is CC1Oc2ccc(NC(=O)C3CC=CCC3)cc2NC1=O. The molecule has 1 aromatic rings. The van der Waals surface area contributed by atoms with Gasteiger partial charge in [0, 0.05) is 11.6 Å². The van der Waals surface area contributed by atoms with Gasteiger partial charge in [-0.3, -0.25) is 9.59 Å². The Morgan fingerprint density at radius 2 is 2.24 bits per heavy atom. The van der Waals surface area contributed by atoms with Crippen LogP contribution in [0.4, 0.5) is 11.4 Å². The maximum absolute atomic E-state index is 12.2. The molecular weight excluding hydrogens is 268 g/mol. The van der Waals surface area contributed by atoms with E-state index in [0.29, 0.717) is 17.1 Å². The third-order valence-corrected chi connectivity index (χ3v) is 3.82. The zero-order valence-corrected chi connectivity index (χ0v) is 11.9. The van der Waals surface area contributed by atoms with Gasteiger partial charge in [0.1, 0.15) is 5.75 Å². The molecule has 0 fully saturated rings. The first-order valence-corrected chi connectivity index (χ1v) is 7.21. The molecule has 2 amide bonds. The molecule has 0 bridgehead atoms. The first-order chi connectivity index (χ1) is 10.1. The Morgan fingerprint density at radius 3 is 3.00 bits per heavy atom. The van der Waals surface area contributed by atoms with Crippen molar-refractivity contribution < 1.29 is 14.3 Å². The lowest BCUT2D eigenvalue weighted by Gasteiger charge is -2.24. The van der Waals surface area contributed by atoms with E-state index in [-0.39, 0.29) is 17.7 Å². The molecule has 2 N–H and O–H groups in total. The Labute approximate surface area is 123 Å². The van der Waals surface area contributed by atoms with E-state index in [1.807, 2.05) is 0 Å². The Balaban J connectivity index is 1.72. The van der Waals surface area contributed by atoms with E-state index in [0.717, 1.165) is 19.3 Å². The summed E-state index contributed by atoms with van der Waals surface area (Å²) in [5.41, 5.74) is 1.27. The molecule has 1 aromatic carbocycles. The van der Waals surface area contributed by atoms with Crippen molar-refractivity contribution in [1.29, 1.82) is 0 Å². The van der Waals surface area contributed by atoms with Gasteiger partial charge < -0.3 is 15.4 Å². The second-order valence-electron chi connectivity index (χ2n) is 5.43. The second kappa shape index (κ2) is 5.60. The summed E-state index contributed by atoms with van der Waals surface area (Å²) in [5.74, 6) is 0.497. The van der Waals surface area contributed by atoms with Gasteiger partial charge in [-0.1, -0.05) is 12.2 Å². The third-order valence-electron chi connectivity index (χ3n) is 3.82. The van der Waals surface area contributed by atoms with Crippen LogP contribution in [-0.2, 0) is 9.59 Å². The van der Waals surface area contributed by atoms with Crippen LogP contribution < -0.4 is 15.4 Å². The Morgan fingerprint density at radius 1 is 1.38 bits per heavy atom. The number of anilines is 2. The van der Waals surface area contributed by atoms with Crippen molar-refractivity contribution in [3.63, 3.8) is 0 Å². The van der Waals surface area contributed by atoms with Crippen molar-refractivity contribution >= 4 is 23.2 Å². The Kier molecular flexibility index (Phi) is 3.64. The number of ether oxygens (including phenoxy) is 1. The fourth-order valence-electron chi connectivity index (χ4n) is 2.56. The quantitative estimate of drug-likeness (QED) is 0.821. The van der Waals surface area contributed by atoms with E-state index in [1.54, 1.807) is 25.1 Å². The van der Waals surface area contributed by atoms with E-state index in [1.165, 1.54) is 0 Å². The number of allylic oxidation sites excluding steroid dienone is 2. The molecule has 0 aromatic heterocycles. The number of hydrogen-bond acceptors (Lipinski definition) is 3. The molecule has 1 aliphatic heterocycles. The molecule has 3 rings (SSSR count). The number of nitrogens with one attached hydrogen (secondary N) is 2. The van der Waals surface area contributed by atoms with Crippen LogP contribution in [0.2, 0.25) is 0 Å². The van der Waals surface area contributed by atoms with E-state index in [9.17, 15) is 9.59 Å². The maximum Gasteiger partial charge on any atom is 0.265 e. The molecule has 110 valence electrons. The average molecular weight is 286 g/mol. The summed E-state index contributed by atoms with van der Waals surface area (Å²) < 4.78 is 5.49. The first kappa shape index (κ1) is 13.7. The summed E-state index contributed by atoms with van der Waals surface area (Å²) in [7, 11) is 0. The zero-order valence-electron chi connectivity index (χ0n) is 11.9. The van der Waals surface area contributed by atoms with Crippen LogP contribution >= 0.6 is 0 Å². The summed E-state index contributed by atoms with van der Waals surface area (Å²) >= 11 is 0. The van der Waals surface area contributed by atoms with Crippen LogP contribution in [-0.4, -0.2) is 17.9 Å². The maximum atomic E-state index is 12.2. The summed E-state index contributed by atoms with van der Waals surface area (Å²) in [6.45, 7) is 1.70. The lowest BCUT2D eigenvalue weighted by atomic mass is 9.93. The summed E-state index contributed by atoms with van der Waals surface area (Å²) in [5, 5.41) is 5.68. The van der Waals surface area contributed by atoms with Gasteiger partial charge in [0.2, 0.25) is 5.91 Å². The van der Waals surface area contributed by atoms with Crippen LogP contribution in [0.15, 0.2) is 30.4 Å². The number of fused-ring (bicyclic) bond motifs is 1. The highest BCUT2D eigenvalue weighted by Gasteiger charge is 2.24. The molecule has 21 heavy (non-hydrogen) atoms. The van der Waals surface area contributed by atoms with Crippen molar-refractivity contribution in [3.05, 3.63) is 30.4 Å². The number of hydrogen-bond donors (Lipinski definition) is 2. The summed E-state index contributed by atoms with van der Waals surface area (Å²) in [6.07, 6.45) is 6.28. The largest absolute Gasteiger partial charge is 0.479 e. The highest BCUT2D eigenvalue weighted by molar-refractivity contribution is 5.99. The predicted octanol–water partition coefficient (Wildman–Crippen LogP) is 2.70. The molecule has 2 unspecified atom stereocenters. The minimum absolute atomic E-state index is 0.0238. The van der Waals surface area contributed by atoms with E-state index in [4.69, 9.17) is 4.74 Å². The fourth-order valence-corrected chi connectivity index (χ4v) is 2.56. The molecule has 0 radical (unpaired) electrons. The van der Waals surface area contributed by atoms with Crippen molar-refractivity contribution in [2.45, 2.75) is 32.3 Å². The Hall–Kier alpha value is -2.30. The molecule has 1 heterocycles. The number of carbonyl (C=O) groups excluding carboxylic acids is 2. The molecule has 0 saturated heterocycles. The van der Waals surface area contributed by atoms with E-state index in [2.05, 4.69) is 22.8 Å². The number of carbonyl (C=O) groups is 2. The minimum Gasteiger partial charge on any atom is -0.479 e. The van der Waals surface area contributed by atoms with Crippen LogP contribution in [0.1, 0.15) is 26.2 Å². The molecule has 0 saturated carbocycles. The molecule has 2 atom stereocenters. The fraction of sp³-hybridized carbons (Fsp3) is 0.375. The molecule has 5 heteroatoms. The first-order valence-electron chi connectivity index (χ1n) is 7.21. The molecule has 1 aliphatic carbocycles. The number of benzene rings is 1. The highest BCUT2D eigenvalue weighted by Crippen LogP contribution is 2.32. The second-order valence-corrected chi connectivity index (χ2v) is 5.43. The van der Waals surface area contributed by atoms with Gasteiger partial charge in [-0.05, 0) is 44.4 Å². The third kappa shape index (κ3) is 2.91. The summed E-state index contributed by atoms with van der Waals surface area (Å²) in [4.78, 5) is 23.8. The number of amides is 2. The van der Waals surface area contributed by atoms with Crippen LogP contribution in [0, 0.1) is 5.92 Å². The van der Waals surface area contributed by atoms with Gasteiger partial charge in [0.15, 0.2) is 6.10 Å². The van der Waals surface area contributed by atoms with Crippen molar-refractivity contribution in [2.75, 3.05) is 10.6 Å².